The van der Waals surface area contributed by atoms with Crippen molar-refractivity contribution in [3.05, 3.63) is 42.1 Å². The maximum absolute atomic E-state index is 5.83. The standard InChI is InChI=1S/C18H26N4O2S/c1-4-10-25-18-20-19-17(21(18)2)14-6-5-9-22(11-14)12-15-7-8-16(24-15)13-23-3/h4,7-8,14H,1,5-6,9-13H2,2-3H3/t14-/m0/s1. The van der Waals surface area contributed by atoms with Gasteiger partial charge in [-0.2, -0.15) is 0 Å². The van der Waals surface area contributed by atoms with Crippen LogP contribution in [0.2, 0.25) is 0 Å². The third-order valence-electron chi connectivity index (χ3n) is 4.45. The van der Waals surface area contributed by atoms with Gasteiger partial charge in [-0.3, -0.25) is 4.90 Å². The summed E-state index contributed by atoms with van der Waals surface area (Å²) in [6, 6.07) is 4.04. The summed E-state index contributed by atoms with van der Waals surface area (Å²) >= 11 is 1.67. The van der Waals surface area contributed by atoms with Gasteiger partial charge in [0, 0.05) is 32.4 Å². The average molecular weight is 362 g/mol. The quantitative estimate of drug-likeness (QED) is 0.531. The first-order valence-electron chi connectivity index (χ1n) is 8.63. The largest absolute Gasteiger partial charge is 0.462 e. The lowest BCUT2D eigenvalue weighted by Gasteiger charge is -2.31. The van der Waals surface area contributed by atoms with Crippen molar-refractivity contribution in [3.8, 4) is 0 Å². The zero-order valence-electron chi connectivity index (χ0n) is 15.0. The van der Waals surface area contributed by atoms with E-state index in [1.165, 1.54) is 0 Å². The minimum Gasteiger partial charge on any atom is -0.462 e. The Balaban J connectivity index is 1.62. The lowest BCUT2D eigenvalue weighted by molar-refractivity contribution is 0.153. The summed E-state index contributed by atoms with van der Waals surface area (Å²) in [5.41, 5.74) is 0. The molecule has 0 radical (unpaired) electrons. The number of nitrogens with zero attached hydrogens (tertiary/aromatic N) is 4. The van der Waals surface area contributed by atoms with Gasteiger partial charge < -0.3 is 13.7 Å². The maximum Gasteiger partial charge on any atom is 0.191 e. The number of hydrogen-bond acceptors (Lipinski definition) is 6. The number of rotatable bonds is 8. The third kappa shape index (κ3) is 4.54. The van der Waals surface area contributed by atoms with Gasteiger partial charge in [0.25, 0.3) is 0 Å². The van der Waals surface area contributed by atoms with Crippen molar-refractivity contribution in [2.24, 2.45) is 7.05 Å². The van der Waals surface area contributed by atoms with Gasteiger partial charge in [0.2, 0.25) is 0 Å². The molecule has 0 aliphatic carbocycles. The van der Waals surface area contributed by atoms with Crippen LogP contribution in [0.1, 0.15) is 36.1 Å². The highest BCUT2D eigenvalue weighted by atomic mass is 32.2. The van der Waals surface area contributed by atoms with E-state index in [2.05, 4.69) is 33.3 Å². The molecule has 3 rings (SSSR count). The fraction of sp³-hybridized carbons (Fsp3) is 0.556. The number of thioether (sulfide) groups is 1. The zero-order valence-corrected chi connectivity index (χ0v) is 15.8. The lowest BCUT2D eigenvalue weighted by Crippen LogP contribution is -2.34. The number of piperidine rings is 1. The van der Waals surface area contributed by atoms with Crippen LogP contribution < -0.4 is 0 Å². The van der Waals surface area contributed by atoms with Crippen LogP contribution >= 0.6 is 11.8 Å². The van der Waals surface area contributed by atoms with Crippen molar-refractivity contribution in [3.63, 3.8) is 0 Å². The van der Waals surface area contributed by atoms with Crippen LogP contribution in [-0.2, 0) is 24.9 Å². The summed E-state index contributed by atoms with van der Waals surface area (Å²) in [6.07, 6.45) is 4.21. The Labute approximate surface area is 153 Å². The van der Waals surface area contributed by atoms with Crippen LogP contribution in [0, 0.1) is 0 Å². The molecule has 136 valence electrons. The van der Waals surface area contributed by atoms with Crippen LogP contribution in [0.3, 0.4) is 0 Å². The molecule has 0 amide bonds. The molecule has 2 aromatic heterocycles. The lowest BCUT2D eigenvalue weighted by atomic mass is 9.97. The summed E-state index contributed by atoms with van der Waals surface area (Å²) in [4.78, 5) is 2.44. The Morgan fingerprint density at radius 1 is 1.40 bits per heavy atom. The highest BCUT2D eigenvalue weighted by Gasteiger charge is 2.26. The van der Waals surface area contributed by atoms with Gasteiger partial charge in [0.05, 0.1) is 6.54 Å². The van der Waals surface area contributed by atoms with E-state index < -0.39 is 0 Å². The third-order valence-corrected chi connectivity index (χ3v) is 5.47. The highest BCUT2D eigenvalue weighted by molar-refractivity contribution is 7.99. The summed E-state index contributed by atoms with van der Waals surface area (Å²) < 4.78 is 13.1. The minimum atomic E-state index is 0.415. The second-order valence-electron chi connectivity index (χ2n) is 6.37. The van der Waals surface area contributed by atoms with Gasteiger partial charge >= 0.3 is 0 Å². The molecule has 25 heavy (non-hydrogen) atoms. The molecule has 2 aromatic rings. The van der Waals surface area contributed by atoms with Gasteiger partial charge in [-0.15, -0.1) is 16.8 Å². The van der Waals surface area contributed by atoms with Gasteiger partial charge in [-0.05, 0) is 31.5 Å². The van der Waals surface area contributed by atoms with E-state index in [1.807, 2.05) is 18.2 Å². The van der Waals surface area contributed by atoms with Crippen molar-refractivity contribution in [2.75, 3.05) is 26.0 Å². The number of ether oxygens (including phenoxy) is 1. The maximum atomic E-state index is 5.83. The Morgan fingerprint density at radius 2 is 2.24 bits per heavy atom. The van der Waals surface area contributed by atoms with Crippen LogP contribution in [0.5, 0.6) is 0 Å². The smallest absolute Gasteiger partial charge is 0.191 e. The number of furan rings is 1. The minimum absolute atomic E-state index is 0.415. The molecule has 0 N–H and O–H groups in total. The second kappa shape index (κ2) is 8.69. The fourth-order valence-electron chi connectivity index (χ4n) is 3.30. The molecule has 1 aliphatic heterocycles. The van der Waals surface area contributed by atoms with Crippen molar-refractivity contribution >= 4 is 11.8 Å². The number of methoxy groups -OCH3 is 1. The molecular weight excluding hydrogens is 336 g/mol. The van der Waals surface area contributed by atoms with Crippen LogP contribution in [-0.4, -0.2) is 45.6 Å². The second-order valence-corrected chi connectivity index (χ2v) is 7.36. The van der Waals surface area contributed by atoms with Gasteiger partial charge in [-0.1, -0.05) is 17.8 Å². The SMILES string of the molecule is C=CCSc1nnc([C@H]2CCCN(Cc3ccc(COC)o3)C2)n1C. The highest BCUT2D eigenvalue weighted by Crippen LogP contribution is 2.28. The monoisotopic (exact) mass is 362 g/mol. The molecule has 0 unspecified atom stereocenters. The van der Waals surface area contributed by atoms with Gasteiger partial charge in [0.1, 0.15) is 24.0 Å². The fourth-order valence-corrected chi connectivity index (χ4v) is 3.95. The van der Waals surface area contributed by atoms with Gasteiger partial charge in [0.15, 0.2) is 5.16 Å². The molecule has 1 aliphatic rings. The van der Waals surface area contributed by atoms with Gasteiger partial charge in [-0.25, -0.2) is 0 Å². The molecule has 6 nitrogen and oxygen atoms in total. The Morgan fingerprint density at radius 3 is 3.04 bits per heavy atom. The van der Waals surface area contributed by atoms with E-state index in [9.17, 15) is 0 Å². The first kappa shape index (κ1) is 18.2. The molecule has 0 aromatic carbocycles. The van der Waals surface area contributed by atoms with E-state index in [-0.39, 0.29) is 0 Å². The summed E-state index contributed by atoms with van der Waals surface area (Å²) in [6.45, 7) is 7.19. The van der Waals surface area contributed by atoms with E-state index in [0.29, 0.717) is 12.5 Å². The first-order valence-corrected chi connectivity index (χ1v) is 9.61. The molecular formula is C18H26N4O2S. The Kier molecular flexibility index (Phi) is 6.34. The van der Waals surface area contributed by atoms with Crippen molar-refractivity contribution in [2.45, 2.75) is 37.1 Å². The normalized spacial score (nSPS) is 18.6. The molecule has 1 atom stereocenters. The summed E-state index contributed by atoms with van der Waals surface area (Å²) in [5.74, 6) is 4.22. The molecule has 7 heteroatoms. The van der Waals surface area contributed by atoms with E-state index in [1.54, 1.807) is 18.9 Å². The molecule has 3 heterocycles. The number of hydrogen-bond donors (Lipinski definition) is 0. The Hall–Kier alpha value is -1.57. The van der Waals surface area contributed by atoms with Crippen LogP contribution in [0.25, 0.3) is 0 Å². The predicted octanol–water partition coefficient (Wildman–Crippen LogP) is 3.21. The van der Waals surface area contributed by atoms with Crippen LogP contribution in [0.4, 0.5) is 0 Å². The average Bonchev–Trinajstić information content (AvgIpc) is 3.20. The van der Waals surface area contributed by atoms with E-state index >= 15 is 0 Å². The van der Waals surface area contributed by atoms with Crippen LogP contribution in [0.15, 0.2) is 34.4 Å². The molecule has 1 saturated heterocycles. The Bertz CT molecular complexity index is 697. The first-order chi connectivity index (χ1) is 12.2. The van der Waals surface area contributed by atoms with Crippen molar-refractivity contribution < 1.29 is 9.15 Å². The molecule has 1 fully saturated rings. The number of aromatic nitrogens is 3. The molecule has 0 bridgehead atoms. The molecule has 0 saturated carbocycles. The van der Waals surface area contributed by atoms with E-state index in [0.717, 1.165) is 60.7 Å². The predicted molar refractivity (Wildman–Crippen MR) is 98.6 cm³/mol. The molecule has 0 spiro atoms. The summed E-state index contributed by atoms with van der Waals surface area (Å²) in [7, 11) is 3.74. The zero-order chi connectivity index (χ0) is 17.6. The van der Waals surface area contributed by atoms with Crippen molar-refractivity contribution in [1.29, 1.82) is 0 Å². The van der Waals surface area contributed by atoms with Crippen molar-refractivity contribution in [1.82, 2.24) is 19.7 Å². The summed E-state index contributed by atoms with van der Waals surface area (Å²) in [5, 5.41) is 9.75. The number of likely N-dealkylation sites (tertiary alicyclic amines) is 1. The van der Waals surface area contributed by atoms with E-state index in [4.69, 9.17) is 9.15 Å². The topological polar surface area (TPSA) is 56.3 Å².